The Kier molecular flexibility index (Phi) is 1.68. The van der Waals surface area contributed by atoms with Crippen molar-refractivity contribution in [1.82, 2.24) is 25.8 Å². The average molecular weight is 280 g/mol. The quantitative estimate of drug-likeness (QED) is 0.303. The molecule has 0 saturated heterocycles. The highest BCUT2D eigenvalue weighted by atomic mass is 16.8. The fourth-order valence-electron chi connectivity index (χ4n) is 1.80. The summed E-state index contributed by atoms with van der Waals surface area (Å²) in [6, 6.07) is 0. The number of rotatable bonds is 1. The summed E-state index contributed by atoms with van der Waals surface area (Å²) < 4.78 is 13.3. The van der Waals surface area contributed by atoms with Gasteiger partial charge in [-0.05, 0) is 30.5 Å². The van der Waals surface area contributed by atoms with Gasteiger partial charge in [0.1, 0.15) is 0 Å². The maximum Gasteiger partial charge on any atom is 0.284 e. The lowest BCUT2D eigenvalue weighted by Gasteiger charge is -2.04. The standard InChI is InChI=1S/C6N8O6/c15-13-4-1(9-20-13)2-5(10-18-7-2)12(14(16)17)6-3(4)8-19-11-6. The van der Waals surface area contributed by atoms with Crippen molar-refractivity contribution in [2.24, 2.45) is 0 Å². The lowest BCUT2D eigenvalue weighted by atomic mass is 10.2. The summed E-state index contributed by atoms with van der Waals surface area (Å²) in [5, 5.41) is 39.5. The van der Waals surface area contributed by atoms with Crippen LogP contribution in [0.1, 0.15) is 0 Å². The zero-order valence-corrected chi connectivity index (χ0v) is 9.03. The van der Waals surface area contributed by atoms with Gasteiger partial charge in [-0.3, -0.25) is 4.63 Å². The molecule has 3 aromatic rings. The predicted octanol–water partition coefficient (Wildman–Crippen LogP) is -0.949. The molecule has 0 aromatic carbocycles. The second-order valence-corrected chi connectivity index (χ2v) is 3.55. The molecule has 0 amide bonds. The van der Waals surface area contributed by atoms with Gasteiger partial charge in [0.2, 0.25) is 11.4 Å². The molecule has 1 aliphatic heterocycles. The van der Waals surface area contributed by atoms with Crippen LogP contribution in [0, 0.1) is 15.3 Å². The number of nitrogens with zero attached hydrogens (tertiary/aromatic N) is 8. The van der Waals surface area contributed by atoms with Gasteiger partial charge in [0.25, 0.3) is 23.0 Å². The molecule has 14 heteroatoms. The summed E-state index contributed by atoms with van der Waals surface area (Å²) in [5.41, 5.74) is -0.761. The SMILES string of the molecule is O=[N+]([O-])N1c2nonc2-c2no[n+]([O-])c2-c2nonc21. The van der Waals surface area contributed by atoms with Crippen LogP contribution in [0.5, 0.6) is 0 Å². The van der Waals surface area contributed by atoms with Gasteiger partial charge in [0.15, 0.2) is 5.03 Å². The van der Waals surface area contributed by atoms with Crippen molar-refractivity contribution in [2.75, 3.05) is 5.01 Å². The Morgan fingerprint density at radius 3 is 2.35 bits per heavy atom. The van der Waals surface area contributed by atoms with E-state index in [1.54, 1.807) is 0 Å². The molecule has 20 heavy (non-hydrogen) atoms. The molecule has 0 spiro atoms. The van der Waals surface area contributed by atoms with Crippen LogP contribution in [0.15, 0.2) is 13.9 Å². The van der Waals surface area contributed by atoms with E-state index in [1.165, 1.54) is 0 Å². The lowest BCUT2D eigenvalue weighted by molar-refractivity contribution is -0.793. The molecular formula is C6N8O6. The molecule has 0 fully saturated rings. The first-order valence-electron chi connectivity index (χ1n) is 4.88. The van der Waals surface area contributed by atoms with E-state index in [0.717, 1.165) is 0 Å². The number of fused-ring (bicyclic) bond motifs is 5. The van der Waals surface area contributed by atoms with Gasteiger partial charge in [-0.15, -0.1) is 0 Å². The van der Waals surface area contributed by atoms with Gasteiger partial charge in [-0.25, -0.2) is 19.4 Å². The van der Waals surface area contributed by atoms with Crippen molar-refractivity contribution >= 4 is 11.6 Å². The molecule has 1 aliphatic rings. The Morgan fingerprint density at radius 1 is 1.00 bits per heavy atom. The number of anilines is 2. The number of hydrazine groups is 1. The minimum atomic E-state index is -0.843. The summed E-state index contributed by atoms with van der Waals surface area (Å²) in [6.45, 7) is 0. The molecule has 0 aliphatic carbocycles. The number of aromatic nitrogens is 6. The topological polar surface area (TPSA) is 177 Å². The van der Waals surface area contributed by atoms with E-state index in [0.29, 0.717) is 5.01 Å². The molecular weight excluding hydrogens is 280 g/mol. The monoisotopic (exact) mass is 280 g/mol. The van der Waals surface area contributed by atoms with E-state index in [1.807, 2.05) is 0 Å². The van der Waals surface area contributed by atoms with Crippen LogP contribution in [0.25, 0.3) is 22.8 Å². The second-order valence-electron chi connectivity index (χ2n) is 3.55. The van der Waals surface area contributed by atoms with Crippen LogP contribution >= 0.6 is 0 Å². The molecule has 0 atom stereocenters. The minimum Gasteiger partial charge on any atom is -0.359 e. The molecule has 14 nitrogen and oxygen atoms in total. The van der Waals surface area contributed by atoms with Crippen molar-refractivity contribution < 1.29 is 23.8 Å². The van der Waals surface area contributed by atoms with Gasteiger partial charge < -0.3 is 5.21 Å². The zero-order valence-electron chi connectivity index (χ0n) is 9.03. The van der Waals surface area contributed by atoms with E-state index in [2.05, 4.69) is 39.7 Å². The van der Waals surface area contributed by atoms with E-state index in [-0.39, 0.29) is 39.3 Å². The fraction of sp³-hybridized carbons (Fsp3) is 0. The van der Waals surface area contributed by atoms with Crippen LogP contribution in [0.4, 0.5) is 11.6 Å². The Bertz CT molecular complexity index is 832. The summed E-state index contributed by atoms with van der Waals surface area (Å²) in [5.74, 6) is -0.710. The number of hydrogen-bond donors (Lipinski definition) is 0. The van der Waals surface area contributed by atoms with Gasteiger partial charge in [0, 0.05) is 5.16 Å². The highest BCUT2D eigenvalue weighted by molar-refractivity contribution is 5.87. The normalized spacial score (nSPS) is 12.5. The van der Waals surface area contributed by atoms with Crippen LogP contribution in [-0.4, -0.2) is 30.8 Å². The highest BCUT2D eigenvalue weighted by Gasteiger charge is 2.46. The van der Waals surface area contributed by atoms with Crippen molar-refractivity contribution in [3.05, 3.63) is 15.3 Å². The molecule has 4 heterocycles. The predicted molar refractivity (Wildman–Crippen MR) is 51.2 cm³/mol. The maximum atomic E-state index is 11.6. The highest BCUT2D eigenvalue weighted by Crippen LogP contribution is 2.41. The third-order valence-corrected chi connectivity index (χ3v) is 2.57. The first kappa shape index (κ1) is 10.4. The van der Waals surface area contributed by atoms with Crippen molar-refractivity contribution in [3.8, 4) is 22.8 Å². The van der Waals surface area contributed by atoms with Gasteiger partial charge in [-0.1, -0.05) is 0 Å². The van der Waals surface area contributed by atoms with Crippen LogP contribution in [-0.2, 0) is 0 Å². The van der Waals surface area contributed by atoms with Crippen molar-refractivity contribution in [3.63, 3.8) is 0 Å². The Labute approximate surface area is 105 Å². The van der Waals surface area contributed by atoms with Crippen molar-refractivity contribution in [2.45, 2.75) is 0 Å². The first-order chi connectivity index (χ1) is 9.68. The average Bonchev–Trinajstić information content (AvgIpc) is 3.08. The molecule has 0 N–H and O–H groups in total. The minimum absolute atomic E-state index is 0.000270. The molecule has 0 saturated carbocycles. The second kappa shape index (κ2) is 3.25. The Morgan fingerprint density at radius 2 is 1.65 bits per heavy atom. The van der Waals surface area contributed by atoms with Crippen LogP contribution in [0.3, 0.4) is 0 Å². The smallest absolute Gasteiger partial charge is 0.284 e. The third-order valence-electron chi connectivity index (χ3n) is 2.57. The van der Waals surface area contributed by atoms with Gasteiger partial charge in [0.05, 0.1) is 0 Å². The van der Waals surface area contributed by atoms with E-state index in [4.69, 9.17) is 0 Å². The van der Waals surface area contributed by atoms with Gasteiger partial charge in [-0.2, -0.15) is 0 Å². The number of nitro groups is 1. The van der Waals surface area contributed by atoms with Gasteiger partial charge >= 0.3 is 0 Å². The van der Waals surface area contributed by atoms with E-state index in [9.17, 15) is 15.3 Å². The molecule has 4 rings (SSSR count). The summed E-state index contributed by atoms with van der Waals surface area (Å²) in [6.07, 6.45) is 0. The zero-order chi connectivity index (χ0) is 13.9. The van der Waals surface area contributed by atoms with Crippen LogP contribution < -0.4 is 9.91 Å². The first-order valence-corrected chi connectivity index (χ1v) is 4.88. The van der Waals surface area contributed by atoms with Crippen LogP contribution in [0.2, 0.25) is 0 Å². The van der Waals surface area contributed by atoms with Crippen molar-refractivity contribution in [1.29, 1.82) is 0 Å². The lowest BCUT2D eigenvalue weighted by Crippen LogP contribution is -2.27. The largest absolute Gasteiger partial charge is 0.359 e. The number of hydrogen-bond acceptors (Lipinski definition) is 11. The Balaban J connectivity index is 2.15. The van der Waals surface area contributed by atoms with E-state index >= 15 is 0 Å². The summed E-state index contributed by atoms with van der Waals surface area (Å²) in [7, 11) is 0. The third kappa shape index (κ3) is 1.06. The Hall–Kier alpha value is -3.58. The molecule has 0 unspecified atom stereocenters. The molecule has 100 valence electrons. The molecule has 0 radical (unpaired) electrons. The summed E-state index contributed by atoms with van der Waals surface area (Å²) in [4.78, 5) is 11.2. The summed E-state index contributed by atoms with van der Waals surface area (Å²) >= 11 is 0. The molecule has 3 aromatic heterocycles. The fourth-order valence-corrected chi connectivity index (χ4v) is 1.80. The maximum absolute atomic E-state index is 11.6. The van der Waals surface area contributed by atoms with E-state index < -0.39 is 5.03 Å². The molecule has 0 bridgehead atoms.